The minimum absolute atomic E-state index is 0.195. The number of aromatic nitrogens is 4. The van der Waals surface area contributed by atoms with Crippen LogP contribution in [0.1, 0.15) is 10.1 Å². The lowest BCUT2D eigenvalue weighted by atomic mass is 10.3. The number of rotatable bonds is 4. The molecule has 16 heavy (non-hydrogen) atoms. The number of nitrogens with zero attached hydrogens (tertiary/aromatic N) is 4. The molecule has 1 atom stereocenters. The second kappa shape index (κ2) is 5.26. The van der Waals surface area contributed by atoms with Crippen molar-refractivity contribution in [3.05, 3.63) is 20.8 Å². The third-order valence-corrected chi connectivity index (χ3v) is 5.19. The molecule has 0 radical (unpaired) electrons. The molecule has 0 saturated heterocycles. The number of tetrazole rings is 1. The van der Waals surface area contributed by atoms with E-state index in [2.05, 4.69) is 37.5 Å². The van der Waals surface area contributed by atoms with Gasteiger partial charge in [0.2, 0.25) is 5.16 Å². The van der Waals surface area contributed by atoms with Crippen molar-refractivity contribution in [2.75, 3.05) is 6.54 Å². The Kier molecular flexibility index (Phi) is 3.95. The van der Waals surface area contributed by atoms with Crippen LogP contribution in [0.4, 0.5) is 0 Å². The smallest absolute Gasteiger partial charge is 0.209 e. The van der Waals surface area contributed by atoms with Gasteiger partial charge in [-0.05, 0) is 32.4 Å². The largest absolute Gasteiger partial charge is 0.329 e. The van der Waals surface area contributed by atoms with Gasteiger partial charge in [-0.15, -0.1) is 16.4 Å². The van der Waals surface area contributed by atoms with Gasteiger partial charge in [-0.25, -0.2) is 4.68 Å². The van der Waals surface area contributed by atoms with E-state index in [1.54, 1.807) is 27.8 Å². The molecule has 0 bridgehead atoms. The monoisotopic (exact) mass is 319 g/mol. The molecule has 0 aliphatic rings. The van der Waals surface area contributed by atoms with E-state index < -0.39 is 0 Å². The lowest BCUT2D eigenvalue weighted by Gasteiger charge is -2.10. The topological polar surface area (TPSA) is 69.6 Å². The van der Waals surface area contributed by atoms with Gasteiger partial charge in [0.25, 0.3) is 0 Å². The molecule has 2 rings (SSSR count). The van der Waals surface area contributed by atoms with Crippen LogP contribution in [0.15, 0.2) is 21.1 Å². The van der Waals surface area contributed by atoms with Crippen molar-refractivity contribution in [3.63, 3.8) is 0 Å². The molecule has 0 aliphatic carbocycles. The fraction of sp³-hybridized carbons (Fsp3) is 0.375. The number of nitrogens with two attached hydrogens (primary N) is 1. The Morgan fingerprint density at radius 2 is 2.50 bits per heavy atom. The van der Waals surface area contributed by atoms with Gasteiger partial charge in [0, 0.05) is 28.3 Å². The van der Waals surface area contributed by atoms with Crippen LogP contribution in [0.25, 0.3) is 0 Å². The first kappa shape index (κ1) is 12.0. The zero-order chi connectivity index (χ0) is 11.5. The minimum atomic E-state index is 0.195. The first-order valence-corrected chi connectivity index (χ1v) is 7.09. The molecule has 0 aromatic carbocycles. The van der Waals surface area contributed by atoms with Crippen LogP contribution in [0, 0.1) is 0 Å². The van der Waals surface area contributed by atoms with Crippen molar-refractivity contribution in [2.45, 2.75) is 10.4 Å². The summed E-state index contributed by atoms with van der Waals surface area (Å²) in [6, 6.07) is 2.08. The fourth-order valence-corrected chi connectivity index (χ4v) is 3.72. The maximum absolute atomic E-state index is 5.77. The summed E-state index contributed by atoms with van der Waals surface area (Å²) in [4.78, 5) is 1.22. The normalized spacial score (nSPS) is 12.9. The minimum Gasteiger partial charge on any atom is -0.329 e. The van der Waals surface area contributed by atoms with Gasteiger partial charge >= 0.3 is 0 Å². The van der Waals surface area contributed by atoms with E-state index in [1.807, 2.05) is 12.4 Å². The first-order chi connectivity index (χ1) is 7.70. The number of hydrogen-bond donors (Lipinski definition) is 1. The van der Waals surface area contributed by atoms with E-state index in [4.69, 9.17) is 5.73 Å². The van der Waals surface area contributed by atoms with Crippen molar-refractivity contribution >= 4 is 39.0 Å². The predicted molar refractivity (Wildman–Crippen MR) is 68.5 cm³/mol. The quantitative estimate of drug-likeness (QED) is 0.870. The van der Waals surface area contributed by atoms with E-state index in [-0.39, 0.29) is 5.25 Å². The molecule has 1 unspecified atom stereocenters. The lowest BCUT2D eigenvalue weighted by molar-refractivity contribution is 0.663. The maximum Gasteiger partial charge on any atom is 0.209 e. The second-order valence-corrected chi connectivity index (χ2v) is 6.12. The van der Waals surface area contributed by atoms with E-state index in [1.165, 1.54) is 4.88 Å². The second-order valence-electron chi connectivity index (χ2n) is 3.09. The zero-order valence-corrected chi connectivity index (χ0v) is 11.7. The lowest BCUT2D eigenvalue weighted by Crippen LogP contribution is -2.09. The highest BCUT2D eigenvalue weighted by molar-refractivity contribution is 9.10. The molecule has 2 aromatic rings. The Labute approximate surface area is 110 Å². The summed E-state index contributed by atoms with van der Waals surface area (Å²) in [7, 11) is 1.82. The van der Waals surface area contributed by atoms with Gasteiger partial charge in [0.15, 0.2) is 0 Å². The summed E-state index contributed by atoms with van der Waals surface area (Å²) in [6.07, 6.45) is 0. The Morgan fingerprint density at radius 1 is 1.69 bits per heavy atom. The van der Waals surface area contributed by atoms with Crippen LogP contribution in [0.3, 0.4) is 0 Å². The van der Waals surface area contributed by atoms with Gasteiger partial charge in [0.1, 0.15) is 0 Å². The van der Waals surface area contributed by atoms with E-state index in [0.717, 1.165) is 9.63 Å². The number of thiophene rings is 1. The number of hydrogen-bond acceptors (Lipinski definition) is 6. The molecule has 0 spiro atoms. The molecule has 0 aliphatic heterocycles. The van der Waals surface area contributed by atoms with E-state index in [0.29, 0.717) is 6.54 Å². The predicted octanol–water partition coefficient (Wildman–Crippen LogP) is 1.83. The van der Waals surface area contributed by atoms with Gasteiger partial charge in [-0.2, -0.15) is 0 Å². The number of halogens is 1. The summed E-state index contributed by atoms with van der Waals surface area (Å²) in [5.41, 5.74) is 5.77. The molecule has 5 nitrogen and oxygen atoms in total. The van der Waals surface area contributed by atoms with Crippen molar-refractivity contribution in [1.82, 2.24) is 20.2 Å². The van der Waals surface area contributed by atoms with E-state index >= 15 is 0 Å². The Bertz CT molecular complexity index is 468. The number of thioether (sulfide) groups is 1. The Morgan fingerprint density at radius 3 is 3.00 bits per heavy atom. The van der Waals surface area contributed by atoms with Crippen LogP contribution in [0.2, 0.25) is 0 Å². The van der Waals surface area contributed by atoms with Crippen molar-refractivity contribution in [3.8, 4) is 0 Å². The highest BCUT2D eigenvalue weighted by atomic mass is 79.9. The van der Waals surface area contributed by atoms with Crippen LogP contribution in [-0.2, 0) is 7.05 Å². The summed E-state index contributed by atoms with van der Waals surface area (Å²) in [5, 5.41) is 14.4. The molecular formula is C8H10BrN5S2. The van der Waals surface area contributed by atoms with Crippen LogP contribution < -0.4 is 5.73 Å². The highest BCUT2D eigenvalue weighted by Gasteiger charge is 2.16. The van der Waals surface area contributed by atoms with Gasteiger partial charge in [-0.3, -0.25) is 0 Å². The SMILES string of the molecule is Cn1nnnc1SC(CN)c1cc(Br)cs1. The summed E-state index contributed by atoms with van der Waals surface area (Å²) >= 11 is 6.70. The van der Waals surface area contributed by atoms with Crippen LogP contribution in [0.5, 0.6) is 0 Å². The molecule has 2 aromatic heterocycles. The average molecular weight is 320 g/mol. The van der Waals surface area contributed by atoms with Gasteiger partial charge < -0.3 is 5.73 Å². The Balaban J connectivity index is 2.15. The molecule has 2 heterocycles. The molecule has 86 valence electrons. The number of aryl methyl sites for hydroxylation is 1. The standard InChI is InChI=1S/C8H10BrN5S2/c1-14-8(11-12-13-14)16-7(3-10)6-2-5(9)4-15-6/h2,4,7H,3,10H2,1H3. The maximum atomic E-state index is 5.77. The average Bonchev–Trinajstić information content (AvgIpc) is 2.85. The zero-order valence-electron chi connectivity index (χ0n) is 8.50. The van der Waals surface area contributed by atoms with Crippen molar-refractivity contribution < 1.29 is 0 Å². The van der Waals surface area contributed by atoms with Crippen molar-refractivity contribution in [2.24, 2.45) is 12.8 Å². The third-order valence-electron chi connectivity index (χ3n) is 1.95. The molecular weight excluding hydrogens is 310 g/mol. The van der Waals surface area contributed by atoms with E-state index in [9.17, 15) is 0 Å². The first-order valence-electron chi connectivity index (χ1n) is 4.53. The molecule has 0 amide bonds. The Hall–Kier alpha value is -0.440. The molecule has 0 fully saturated rings. The van der Waals surface area contributed by atoms with Crippen LogP contribution >= 0.6 is 39.0 Å². The van der Waals surface area contributed by atoms with Gasteiger partial charge in [-0.1, -0.05) is 11.8 Å². The summed E-state index contributed by atoms with van der Waals surface area (Å²) in [6.45, 7) is 0.560. The summed E-state index contributed by atoms with van der Waals surface area (Å²) in [5.74, 6) is 0. The molecule has 0 saturated carbocycles. The van der Waals surface area contributed by atoms with Gasteiger partial charge in [0.05, 0.1) is 5.25 Å². The van der Waals surface area contributed by atoms with Crippen LogP contribution in [-0.4, -0.2) is 26.8 Å². The highest BCUT2D eigenvalue weighted by Crippen LogP contribution is 2.36. The fourth-order valence-electron chi connectivity index (χ4n) is 1.17. The summed E-state index contributed by atoms with van der Waals surface area (Å²) < 4.78 is 2.73. The van der Waals surface area contributed by atoms with Crippen molar-refractivity contribution in [1.29, 1.82) is 0 Å². The third kappa shape index (κ3) is 2.62. The molecule has 8 heteroatoms. The molecule has 2 N–H and O–H groups in total.